The summed E-state index contributed by atoms with van der Waals surface area (Å²) in [4.78, 5) is 15.9. The number of carbonyl (C=O) groups is 1. The van der Waals surface area contributed by atoms with E-state index in [0.29, 0.717) is 6.54 Å². The Morgan fingerprint density at radius 3 is 2.39 bits per heavy atom. The molecule has 0 saturated carbocycles. The molecule has 1 amide bonds. The van der Waals surface area contributed by atoms with Gasteiger partial charge in [0.15, 0.2) is 0 Å². The molecule has 1 aromatic carbocycles. The number of rotatable bonds is 5. The van der Waals surface area contributed by atoms with Crippen molar-refractivity contribution < 1.29 is 4.79 Å². The molecule has 1 rings (SSSR count). The fraction of sp³-hybridized carbons (Fsp3) is 0.500. The molecule has 0 fully saturated rings. The van der Waals surface area contributed by atoms with Crippen molar-refractivity contribution >= 4 is 27.5 Å². The lowest BCUT2D eigenvalue weighted by molar-refractivity contribution is -0.129. The van der Waals surface area contributed by atoms with Crippen LogP contribution in [0, 0.1) is 6.92 Å². The van der Waals surface area contributed by atoms with Gasteiger partial charge in [-0.25, -0.2) is 0 Å². The number of halogens is 1. The topological polar surface area (TPSA) is 23.6 Å². The van der Waals surface area contributed by atoms with Gasteiger partial charge in [-0.1, -0.05) is 15.9 Å². The molecule has 100 valence electrons. The van der Waals surface area contributed by atoms with Crippen LogP contribution in [0.15, 0.2) is 22.7 Å². The van der Waals surface area contributed by atoms with Gasteiger partial charge in [0.1, 0.15) is 0 Å². The molecule has 0 saturated heterocycles. The minimum atomic E-state index is 0.170. The van der Waals surface area contributed by atoms with Crippen LogP contribution in [0.3, 0.4) is 0 Å². The van der Waals surface area contributed by atoms with E-state index in [2.05, 4.69) is 22.0 Å². The summed E-state index contributed by atoms with van der Waals surface area (Å²) in [5.74, 6) is 0.170. The molecule has 0 N–H and O–H groups in total. The smallest absolute Gasteiger partial charge is 0.242 e. The summed E-state index contributed by atoms with van der Waals surface area (Å²) in [6.07, 6.45) is 0. The minimum Gasteiger partial charge on any atom is -0.365 e. The number of hydrogen-bond donors (Lipinski definition) is 0. The van der Waals surface area contributed by atoms with Crippen molar-refractivity contribution in [2.45, 2.75) is 20.8 Å². The van der Waals surface area contributed by atoms with E-state index in [-0.39, 0.29) is 5.91 Å². The van der Waals surface area contributed by atoms with Crippen molar-refractivity contribution in [3.63, 3.8) is 0 Å². The van der Waals surface area contributed by atoms with Gasteiger partial charge < -0.3 is 9.80 Å². The highest BCUT2D eigenvalue weighted by Crippen LogP contribution is 2.22. The summed E-state index contributed by atoms with van der Waals surface area (Å²) in [5, 5.41) is 0. The van der Waals surface area contributed by atoms with Crippen LogP contribution in [-0.2, 0) is 4.79 Å². The Morgan fingerprint density at radius 2 is 1.89 bits per heavy atom. The Hall–Kier alpha value is -1.03. The molecule has 18 heavy (non-hydrogen) atoms. The van der Waals surface area contributed by atoms with Gasteiger partial charge in [0, 0.05) is 30.3 Å². The lowest BCUT2D eigenvalue weighted by atomic mass is 10.2. The number of benzene rings is 1. The first-order valence-electron chi connectivity index (χ1n) is 6.24. The van der Waals surface area contributed by atoms with Crippen LogP contribution in [0.2, 0.25) is 0 Å². The highest BCUT2D eigenvalue weighted by atomic mass is 79.9. The number of carbonyl (C=O) groups excluding carboxylic acids is 1. The van der Waals surface area contributed by atoms with E-state index >= 15 is 0 Å². The highest BCUT2D eigenvalue weighted by Gasteiger charge is 2.13. The van der Waals surface area contributed by atoms with Gasteiger partial charge in [-0.15, -0.1) is 0 Å². The van der Waals surface area contributed by atoms with Gasteiger partial charge in [0.2, 0.25) is 5.91 Å². The lowest BCUT2D eigenvalue weighted by Crippen LogP contribution is -2.38. The zero-order chi connectivity index (χ0) is 13.7. The third kappa shape index (κ3) is 3.73. The summed E-state index contributed by atoms with van der Waals surface area (Å²) in [5.41, 5.74) is 2.24. The Kier molecular flexibility index (Phi) is 5.66. The molecule has 4 heteroatoms. The van der Waals surface area contributed by atoms with Crippen molar-refractivity contribution in [2.75, 3.05) is 31.6 Å². The first-order chi connectivity index (χ1) is 8.49. The zero-order valence-electron chi connectivity index (χ0n) is 11.5. The van der Waals surface area contributed by atoms with Crippen molar-refractivity contribution in [3.8, 4) is 0 Å². The lowest BCUT2D eigenvalue weighted by Gasteiger charge is -2.24. The molecule has 0 aliphatic carbocycles. The average molecular weight is 313 g/mol. The molecule has 0 aromatic heterocycles. The third-order valence-electron chi connectivity index (χ3n) is 3.07. The Morgan fingerprint density at radius 1 is 1.28 bits per heavy atom. The van der Waals surface area contributed by atoms with Crippen LogP contribution >= 0.6 is 15.9 Å². The van der Waals surface area contributed by atoms with Gasteiger partial charge in [-0.3, -0.25) is 4.79 Å². The fourth-order valence-corrected chi connectivity index (χ4v) is 2.08. The molecule has 0 bridgehead atoms. The van der Waals surface area contributed by atoms with Gasteiger partial charge in [0.05, 0.1) is 6.54 Å². The van der Waals surface area contributed by atoms with E-state index in [1.54, 1.807) is 0 Å². The van der Waals surface area contributed by atoms with Crippen LogP contribution in [0.5, 0.6) is 0 Å². The number of likely N-dealkylation sites (N-methyl/N-ethyl adjacent to an activating group) is 2. The zero-order valence-corrected chi connectivity index (χ0v) is 13.1. The first kappa shape index (κ1) is 15.0. The van der Waals surface area contributed by atoms with Crippen molar-refractivity contribution in [2.24, 2.45) is 0 Å². The molecular weight excluding hydrogens is 292 g/mol. The maximum absolute atomic E-state index is 12.0. The molecular formula is C14H21BrN2O. The quantitative estimate of drug-likeness (QED) is 0.834. The van der Waals surface area contributed by atoms with E-state index in [1.165, 1.54) is 5.56 Å². The fourth-order valence-electron chi connectivity index (χ4n) is 1.84. The van der Waals surface area contributed by atoms with Gasteiger partial charge in [0.25, 0.3) is 0 Å². The second-order valence-electron chi connectivity index (χ2n) is 4.36. The predicted molar refractivity (Wildman–Crippen MR) is 80.1 cm³/mol. The predicted octanol–water partition coefficient (Wildman–Crippen LogP) is 3.06. The normalized spacial score (nSPS) is 10.3. The SMILES string of the molecule is CCN(CC)C(=O)CN(C)c1ccc(Br)c(C)c1. The first-order valence-corrected chi connectivity index (χ1v) is 7.04. The Labute approximate surface area is 118 Å². The van der Waals surface area contributed by atoms with Crippen LogP contribution in [-0.4, -0.2) is 37.5 Å². The van der Waals surface area contributed by atoms with Crippen LogP contribution in [0.1, 0.15) is 19.4 Å². The van der Waals surface area contributed by atoms with Crippen LogP contribution in [0.4, 0.5) is 5.69 Å². The molecule has 3 nitrogen and oxygen atoms in total. The third-order valence-corrected chi connectivity index (χ3v) is 3.96. The summed E-state index contributed by atoms with van der Waals surface area (Å²) in [6.45, 7) is 8.01. The van der Waals surface area contributed by atoms with Crippen molar-refractivity contribution in [3.05, 3.63) is 28.2 Å². The van der Waals surface area contributed by atoms with E-state index in [0.717, 1.165) is 23.2 Å². The Balaban J connectivity index is 2.73. The Bertz CT molecular complexity index is 416. The van der Waals surface area contributed by atoms with E-state index in [4.69, 9.17) is 0 Å². The van der Waals surface area contributed by atoms with Crippen LogP contribution in [0.25, 0.3) is 0 Å². The van der Waals surface area contributed by atoms with Gasteiger partial charge in [-0.05, 0) is 44.5 Å². The molecule has 0 heterocycles. The summed E-state index contributed by atoms with van der Waals surface area (Å²) >= 11 is 3.48. The second-order valence-corrected chi connectivity index (χ2v) is 5.21. The number of hydrogen-bond acceptors (Lipinski definition) is 2. The molecule has 0 spiro atoms. The summed E-state index contributed by atoms with van der Waals surface area (Å²) in [7, 11) is 1.95. The van der Waals surface area contributed by atoms with E-state index in [9.17, 15) is 4.79 Å². The largest absolute Gasteiger partial charge is 0.365 e. The monoisotopic (exact) mass is 312 g/mol. The average Bonchev–Trinajstić information content (AvgIpc) is 2.34. The van der Waals surface area contributed by atoms with Crippen molar-refractivity contribution in [1.82, 2.24) is 4.90 Å². The summed E-state index contributed by atoms with van der Waals surface area (Å²) in [6, 6.07) is 6.12. The van der Waals surface area contributed by atoms with Crippen molar-refractivity contribution in [1.29, 1.82) is 0 Å². The number of nitrogens with zero attached hydrogens (tertiary/aromatic N) is 2. The minimum absolute atomic E-state index is 0.170. The maximum Gasteiger partial charge on any atom is 0.242 e. The molecule has 0 aliphatic rings. The van der Waals surface area contributed by atoms with Crippen LogP contribution < -0.4 is 4.90 Å². The van der Waals surface area contributed by atoms with Gasteiger partial charge in [-0.2, -0.15) is 0 Å². The molecule has 0 atom stereocenters. The molecule has 0 aliphatic heterocycles. The second kappa shape index (κ2) is 6.78. The summed E-state index contributed by atoms with van der Waals surface area (Å²) < 4.78 is 1.09. The van der Waals surface area contributed by atoms with Gasteiger partial charge >= 0.3 is 0 Å². The number of anilines is 1. The molecule has 0 radical (unpaired) electrons. The standard InChI is InChI=1S/C14H21BrN2O/c1-5-17(6-2)14(18)10-16(4)12-7-8-13(15)11(3)9-12/h7-9H,5-6,10H2,1-4H3. The molecule has 1 aromatic rings. The number of aryl methyl sites for hydroxylation is 1. The van der Waals surface area contributed by atoms with E-state index < -0.39 is 0 Å². The molecule has 0 unspecified atom stereocenters. The highest BCUT2D eigenvalue weighted by molar-refractivity contribution is 9.10. The van der Waals surface area contributed by atoms with E-state index in [1.807, 2.05) is 49.8 Å². The maximum atomic E-state index is 12.0. The number of amides is 1.